The summed E-state index contributed by atoms with van der Waals surface area (Å²) in [6, 6.07) is 4.39. The molecular weight excluding hydrogens is 228 g/mol. The lowest BCUT2D eigenvalue weighted by atomic mass is 9.98. The summed E-state index contributed by atoms with van der Waals surface area (Å²) in [5, 5.41) is 27.1. The number of benzene rings is 1. The van der Waals surface area contributed by atoms with Crippen molar-refractivity contribution in [3.63, 3.8) is 0 Å². The molecule has 6 nitrogen and oxygen atoms in total. The van der Waals surface area contributed by atoms with Crippen molar-refractivity contribution in [2.45, 2.75) is 6.42 Å². The SMILES string of the molecule is COc1cccc(O)c1CC(C(=O)O)C(=O)O. The quantitative estimate of drug-likeness (QED) is 0.655. The molecule has 0 bridgehead atoms. The Hall–Kier alpha value is -2.24. The van der Waals surface area contributed by atoms with Crippen LogP contribution in [0.25, 0.3) is 0 Å². The van der Waals surface area contributed by atoms with E-state index in [1.807, 2.05) is 0 Å². The first-order valence-corrected chi connectivity index (χ1v) is 4.77. The Bertz CT molecular complexity index is 426. The number of hydrogen-bond acceptors (Lipinski definition) is 4. The van der Waals surface area contributed by atoms with E-state index in [9.17, 15) is 14.7 Å². The average molecular weight is 240 g/mol. The van der Waals surface area contributed by atoms with Gasteiger partial charge in [0.1, 0.15) is 11.5 Å². The normalized spacial score (nSPS) is 10.2. The standard InChI is InChI=1S/C11H12O6/c1-17-9-4-2-3-8(12)6(9)5-7(10(13)14)11(15)16/h2-4,7,12H,5H2,1H3,(H,13,14)(H,15,16). The molecule has 0 aliphatic heterocycles. The van der Waals surface area contributed by atoms with Crippen LogP contribution in [0.2, 0.25) is 0 Å². The Morgan fingerprint density at radius 1 is 1.29 bits per heavy atom. The summed E-state index contributed by atoms with van der Waals surface area (Å²) in [6.07, 6.45) is -0.333. The molecule has 0 unspecified atom stereocenters. The highest BCUT2D eigenvalue weighted by molar-refractivity contribution is 5.93. The van der Waals surface area contributed by atoms with Crippen LogP contribution in [0.1, 0.15) is 5.56 Å². The third-order valence-corrected chi connectivity index (χ3v) is 2.33. The molecule has 0 saturated carbocycles. The second-order valence-electron chi connectivity index (χ2n) is 3.39. The number of hydrogen-bond donors (Lipinski definition) is 3. The van der Waals surface area contributed by atoms with Crippen LogP contribution in [0, 0.1) is 5.92 Å². The van der Waals surface area contributed by atoms with Gasteiger partial charge in [-0.3, -0.25) is 9.59 Å². The third-order valence-electron chi connectivity index (χ3n) is 2.33. The number of methoxy groups -OCH3 is 1. The van der Waals surface area contributed by atoms with Gasteiger partial charge in [-0.1, -0.05) is 6.07 Å². The zero-order valence-corrected chi connectivity index (χ0v) is 9.08. The molecule has 0 aliphatic rings. The van der Waals surface area contributed by atoms with Gasteiger partial charge in [0.25, 0.3) is 0 Å². The van der Waals surface area contributed by atoms with Crippen LogP contribution in [0.5, 0.6) is 11.5 Å². The number of rotatable bonds is 5. The maximum absolute atomic E-state index is 10.8. The molecule has 0 amide bonds. The van der Waals surface area contributed by atoms with Gasteiger partial charge in [-0.05, 0) is 12.1 Å². The molecular formula is C11H12O6. The topological polar surface area (TPSA) is 104 Å². The summed E-state index contributed by atoms with van der Waals surface area (Å²) in [6.45, 7) is 0. The fourth-order valence-electron chi connectivity index (χ4n) is 1.43. The van der Waals surface area contributed by atoms with E-state index in [2.05, 4.69) is 0 Å². The smallest absolute Gasteiger partial charge is 0.318 e. The predicted octanol–water partition coefficient (Wildman–Crippen LogP) is 0.729. The number of phenolic OH excluding ortho intramolecular Hbond substituents is 1. The van der Waals surface area contributed by atoms with Gasteiger partial charge in [0.15, 0.2) is 5.92 Å². The van der Waals surface area contributed by atoms with E-state index < -0.39 is 17.9 Å². The number of phenols is 1. The maximum atomic E-state index is 10.8. The molecule has 1 aromatic rings. The van der Waals surface area contributed by atoms with E-state index in [0.29, 0.717) is 0 Å². The number of carbonyl (C=O) groups is 2. The predicted molar refractivity (Wildman–Crippen MR) is 57.1 cm³/mol. The first-order chi connectivity index (χ1) is 7.97. The van der Waals surface area contributed by atoms with E-state index >= 15 is 0 Å². The van der Waals surface area contributed by atoms with E-state index in [4.69, 9.17) is 14.9 Å². The maximum Gasteiger partial charge on any atom is 0.318 e. The summed E-state index contributed by atoms with van der Waals surface area (Å²) in [5.74, 6) is -4.45. The monoisotopic (exact) mass is 240 g/mol. The Morgan fingerprint density at radius 2 is 1.88 bits per heavy atom. The lowest BCUT2D eigenvalue weighted by molar-refractivity contribution is -0.154. The van der Waals surface area contributed by atoms with E-state index in [-0.39, 0.29) is 23.5 Å². The molecule has 0 fully saturated rings. The second kappa shape index (κ2) is 5.20. The number of carboxylic acid groups (broad SMARTS) is 2. The van der Waals surface area contributed by atoms with Crippen molar-refractivity contribution in [1.82, 2.24) is 0 Å². The van der Waals surface area contributed by atoms with Crippen molar-refractivity contribution < 1.29 is 29.6 Å². The van der Waals surface area contributed by atoms with Crippen LogP contribution in [0.4, 0.5) is 0 Å². The summed E-state index contributed by atoms with van der Waals surface area (Å²) in [7, 11) is 1.36. The van der Waals surface area contributed by atoms with Crippen molar-refractivity contribution in [2.24, 2.45) is 5.92 Å². The molecule has 1 aromatic carbocycles. The third kappa shape index (κ3) is 2.87. The van der Waals surface area contributed by atoms with E-state index in [1.165, 1.54) is 25.3 Å². The van der Waals surface area contributed by atoms with Crippen LogP contribution in [0.15, 0.2) is 18.2 Å². The Labute approximate surface area is 97.1 Å². The summed E-state index contributed by atoms with van der Waals surface area (Å²) >= 11 is 0. The largest absolute Gasteiger partial charge is 0.508 e. The lowest BCUT2D eigenvalue weighted by Gasteiger charge is -2.12. The van der Waals surface area contributed by atoms with Crippen molar-refractivity contribution in [1.29, 1.82) is 0 Å². The van der Waals surface area contributed by atoms with Crippen LogP contribution in [0.3, 0.4) is 0 Å². The number of aliphatic carboxylic acids is 2. The molecule has 0 heterocycles. The molecule has 17 heavy (non-hydrogen) atoms. The van der Waals surface area contributed by atoms with E-state index in [1.54, 1.807) is 0 Å². The molecule has 1 rings (SSSR count). The lowest BCUT2D eigenvalue weighted by Crippen LogP contribution is -2.25. The molecule has 0 spiro atoms. The zero-order chi connectivity index (χ0) is 13.0. The van der Waals surface area contributed by atoms with Gasteiger partial charge in [0.05, 0.1) is 7.11 Å². The van der Waals surface area contributed by atoms with Crippen LogP contribution >= 0.6 is 0 Å². The zero-order valence-electron chi connectivity index (χ0n) is 9.08. The minimum absolute atomic E-state index is 0.171. The van der Waals surface area contributed by atoms with Crippen molar-refractivity contribution in [3.05, 3.63) is 23.8 Å². The fourth-order valence-corrected chi connectivity index (χ4v) is 1.43. The van der Waals surface area contributed by atoms with Crippen LogP contribution in [-0.2, 0) is 16.0 Å². The molecule has 6 heteroatoms. The molecule has 0 atom stereocenters. The Morgan fingerprint density at radius 3 is 2.35 bits per heavy atom. The highest BCUT2D eigenvalue weighted by Crippen LogP contribution is 2.29. The summed E-state index contributed by atoms with van der Waals surface area (Å²) in [5.41, 5.74) is 0.171. The van der Waals surface area contributed by atoms with Gasteiger partial charge in [0.2, 0.25) is 0 Å². The number of carboxylic acids is 2. The molecule has 0 radical (unpaired) electrons. The second-order valence-corrected chi connectivity index (χ2v) is 3.39. The van der Waals surface area contributed by atoms with Gasteiger partial charge >= 0.3 is 11.9 Å². The van der Waals surface area contributed by atoms with E-state index in [0.717, 1.165) is 0 Å². The molecule has 92 valence electrons. The van der Waals surface area contributed by atoms with Crippen molar-refractivity contribution in [2.75, 3.05) is 7.11 Å². The molecule has 0 saturated heterocycles. The highest BCUT2D eigenvalue weighted by Gasteiger charge is 2.28. The summed E-state index contributed by atoms with van der Waals surface area (Å²) in [4.78, 5) is 21.5. The first kappa shape index (κ1) is 12.8. The highest BCUT2D eigenvalue weighted by atomic mass is 16.5. The Kier molecular flexibility index (Phi) is 3.92. The van der Waals surface area contributed by atoms with Gasteiger partial charge in [-0.2, -0.15) is 0 Å². The van der Waals surface area contributed by atoms with Crippen molar-refractivity contribution in [3.8, 4) is 11.5 Å². The first-order valence-electron chi connectivity index (χ1n) is 4.77. The molecule has 0 aliphatic carbocycles. The van der Waals surface area contributed by atoms with Gasteiger partial charge < -0.3 is 20.1 Å². The molecule has 3 N–H and O–H groups in total. The average Bonchev–Trinajstić information content (AvgIpc) is 2.25. The fraction of sp³-hybridized carbons (Fsp3) is 0.273. The van der Waals surface area contributed by atoms with Gasteiger partial charge in [-0.25, -0.2) is 0 Å². The van der Waals surface area contributed by atoms with Crippen molar-refractivity contribution >= 4 is 11.9 Å². The molecule has 0 aromatic heterocycles. The van der Waals surface area contributed by atoms with Gasteiger partial charge in [0, 0.05) is 12.0 Å². The minimum atomic E-state index is -1.61. The van der Waals surface area contributed by atoms with Gasteiger partial charge in [-0.15, -0.1) is 0 Å². The van der Waals surface area contributed by atoms with Crippen LogP contribution < -0.4 is 4.74 Å². The van der Waals surface area contributed by atoms with Crippen LogP contribution in [-0.4, -0.2) is 34.4 Å². The summed E-state index contributed by atoms with van der Waals surface area (Å²) < 4.78 is 4.94. The minimum Gasteiger partial charge on any atom is -0.508 e. The Balaban J connectivity index is 3.08. The number of ether oxygens (including phenoxy) is 1. The number of aromatic hydroxyl groups is 1.